The van der Waals surface area contributed by atoms with Crippen LogP contribution >= 0.6 is 0 Å². The first-order valence-electron chi connectivity index (χ1n) is 3.31. The summed E-state index contributed by atoms with van der Waals surface area (Å²) in [7, 11) is 0. The fourth-order valence-electron chi connectivity index (χ4n) is 1.13. The third kappa shape index (κ3) is 0.759. The van der Waals surface area contributed by atoms with E-state index in [2.05, 4.69) is 4.99 Å². The lowest BCUT2D eigenvalue weighted by Gasteiger charge is -2.41. The van der Waals surface area contributed by atoms with Crippen molar-refractivity contribution < 1.29 is 9.47 Å². The summed E-state index contributed by atoms with van der Waals surface area (Å²) in [6, 6.07) is 0.317. The first kappa shape index (κ1) is 5.97. The van der Waals surface area contributed by atoms with Crippen molar-refractivity contribution in [1.82, 2.24) is 0 Å². The molecule has 0 radical (unpaired) electrons. The van der Waals surface area contributed by atoms with E-state index in [1.807, 2.05) is 0 Å². The molecule has 0 unspecified atom stereocenters. The van der Waals surface area contributed by atoms with Crippen LogP contribution < -0.4 is 5.73 Å². The van der Waals surface area contributed by atoms with E-state index in [-0.39, 0.29) is 5.41 Å². The lowest BCUT2D eigenvalue weighted by atomic mass is 9.87. The summed E-state index contributed by atoms with van der Waals surface area (Å²) in [5.41, 5.74) is 5.49. The van der Waals surface area contributed by atoms with Gasteiger partial charge in [0, 0.05) is 0 Å². The van der Waals surface area contributed by atoms with Gasteiger partial charge >= 0.3 is 0 Å². The summed E-state index contributed by atoms with van der Waals surface area (Å²) in [5.74, 6) is 0. The summed E-state index contributed by atoms with van der Waals surface area (Å²) in [5, 5.41) is 0. The molecule has 56 valence electrons. The van der Waals surface area contributed by atoms with Gasteiger partial charge in [0.1, 0.15) is 6.61 Å². The Kier molecular flexibility index (Phi) is 1.11. The summed E-state index contributed by atoms with van der Waals surface area (Å²) in [4.78, 5) is 4.00. The third-order valence-electron chi connectivity index (χ3n) is 1.91. The van der Waals surface area contributed by atoms with Gasteiger partial charge in [-0.25, -0.2) is 4.99 Å². The molecule has 2 aliphatic rings. The molecule has 10 heavy (non-hydrogen) atoms. The molecule has 0 aliphatic carbocycles. The zero-order valence-electron chi connectivity index (χ0n) is 5.67. The first-order valence-corrected chi connectivity index (χ1v) is 3.31. The van der Waals surface area contributed by atoms with Crippen LogP contribution in [0.4, 0.5) is 0 Å². The molecule has 0 amide bonds. The van der Waals surface area contributed by atoms with Gasteiger partial charge in [-0.3, -0.25) is 0 Å². The number of aliphatic imine (C=N–C) groups is 1. The maximum Gasteiger partial charge on any atom is 0.281 e. The van der Waals surface area contributed by atoms with E-state index in [9.17, 15) is 0 Å². The Labute approximate surface area is 59.0 Å². The molecule has 0 aromatic heterocycles. The van der Waals surface area contributed by atoms with Crippen molar-refractivity contribution in [1.29, 1.82) is 0 Å². The minimum absolute atomic E-state index is 0.170. The predicted octanol–water partition coefficient (Wildman–Crippen LogP) is -0.652. The molecule has 2 heterocycles. The van der Waals surface area contributed by atoms with Crippen LogP contribution in [0.25, 0.3) is 0 Å². The quantitative estimate of drug-likeness (QED) is 0.489. The zero-order chi connectivity index (χ0) is 7.03. The molecular weight excluding hydrogens is 132 g/mol. The number of ether oxygens (including phenoxy) is 2. The molecule has 1 fully saturated rings. The Morgan fingerprint density at radius 2 is 2.20 bits per heavy atom. The van der Waals surface area contributed by atoms with E-state index >= 15 is 0 Å². The highest BCUT2D eigenvalue weighted by Gasteiger charge is 2.41. The Balaban J connectivity index is 2.04. The van der Waals surface area contributed by atoms with Crippen molar-refractivity contribution in [3.8, 4) is 0 Å². The van der Waals surface area contributed by atoms with Crippen LogP contribution in [0.5, 0.6) is 0 Å². The van der Waals surface area contributed by atoms with Crippen LogP contribution in [-0.4, -0.2) is 32.4 Å². The van der Waals surface area contributed by atoms with Crippen molar-refractivity contribution in [2.45, 2.75) is 0 Å². The SMILES string of the molecule is NC1=NCC2(COC2)CO1. The van der Waals surface area contributed by atoms with Gasteiger partial charge in [0.15, 0.2) is 0 Å². The number of hydrogen-bond acceptors (Lipinski definition) is 4. The average Bonchev–Trinajstić information content (AvgIpc) is 1.86. The van der Waals surface area contributed by atoms with Gasteiger partial charge in [0.25, 0.3) is 6.02 Å². The highest BCUT2D eigenvalue weighted by molar-refractivity contribution is 5.72. The minimum Gasteiger partial charge on any atom is -0.465 e. The second kappa shape index (κ2) is 1.85. The summed E-state index contributed by atoms with van der Waals surface area (Å²) < 4.78 is 10.1. The molecule has 2 N–H and O–H groups in total. The molecule has 1 saturated heterocycles. The van der Waals surface area contributed by atoms with Crippen LogP contribution in [0.3, 0.4) is 0 Å². The van der Waals surface area contributed by atoms with Crippen LogP contribution in [0, 0.1) is 5.41 Å². The number of nitrogens with zero attached hydrogens (tertiary/aromatic N) is 1. The van der Waals surface area contributed by atoms with Crippen molar-refractivity contribution in [3.05, 3.63) is 0 Å². The highest BCUT2D eigenvalue weighted by atomic mass is 16.5. The molecule has 0 saturated carbocycles. The molecule has 0 bridgehead atoms. The van der Waals surface area contributed by atoms with E-state index in [1.165, 1.54) is 0 Å². The fraction of sp³-hybridized carbons (Fsp3) is 0.833. The van der Waals surface area contributed by atoms with Crippen molar-refractivity contribution in [3.63, 3.8) is 0 Å². The number of hydrogen-bond donors (Lipinski definition) is 1. The Morgan fingerprint density at radius 1 is 1.40 bits per heavy atom. The molecule has 2 aliphatic heterocycles. The van der Waals surface area contributed by atoms with Crippen LogP contribution in [0.2, 0.25) is 0 Å². The molecule has 1 spiro atoms. The normalized spacial score (nSPS) is 28.6. The highest BCUT2D eigenvalue weighted by Crippen LogP contribution is 2.29. The van der Waals surface area contributed by atoms with Crippen LogP contribution in [0.1, 0.15) is 0 Å². The second-order valence-electron chi connectivity index (χ2n) is 2.94. The Bertz CT molecular complexity index is 175. The fourth-order valence-corrected chi connectivity index (χ4v) is 1.13. The van der Waals surface area contributed by atoms with Gasteiger partial charge in [-0.2, -0.15) is 0 Å². The van der Waals surface area contributed by atoms with E-state index in [0.29, 0.717) is 12.6 Å². The first-order chi connectivity index (χ1) is 4.81. The van der Waals surface area contributed by atoms with Gasteiger partial charge in [-0.15, -0.1) is 0 Å². The largest absolute Gasteiger partial charge is 0.465 e. The maximum atomic E-state index is 5.32. The van der Waals surface area contributed by atoms with Gasteiger partial charge in [0.05, 0.1) is 25.2 Å². The Hall–Kier alpha value is -0.770. The summed E-state index contributed by atoms with van der Waals surface area (Å²) in [6.07, 6.45) is 0. The van der Waals surface area contributed by atoms with Gasteiger partial charge < -0.3 is 15.2 Å². The van der Waals surface area contributed by atoms with Crippen LogP contribution in [0.15, 0.2) is 4.99 Å². The lowest BCUT2D eigenvalue weighted by Crippen LogP contribution is -2.52. The van der Waals surface area contributed by atoms with E-state index in [0.717, 1.165) is 19.8 Å². The van der Waals surface area contributed by atoms with Crippen molar-refractivity contribution >= 4 is 6.02 Å². The molecule has 2 rings (SSSR count). The van der Waals surface area contributed by atoms with Gasteiger partial charge in [-0.05, 0) is 0 Å². The Morgan fingerprint density at radius 3 is 2.60 bits per heavy atom. The van der Waals surface area contributed by atoms with Crippen molar-refractivity contribution in [2.75, 3.05) is 26.4 Å². The molecule has 4 heteroatoms. The molecule has 0 aromatic carbocycles. The van der Waals surface area contributed by atoms with Crippen molar-refractivity contribution in [2.24, 2.45) is 16.1 Å². The topological polar surface area (TPSA) is 56.8 Å². The lowest BCUT2D eigenvalue weighted by molar-refractivity contribution is -0.133. The van der Waals surface area contributed by atoms with Crippen LogP contribution in [-0.2, 0) is 9.47 Å². The second-order valence-corrected chi connectivity index (χ2v) is 2.94. The summed E-state index contributed by atoms with van der Waals surface area (Å²) >= 11 is 0. The maximum absolute atomic E-state index is 5.32. The summed E-state index contributed by atoms with van der Waals surface area (Å²) in [6.45, 7) is 2.97. The standard InChI is InChI=1S/C6H10N2O2/c7-5-8-1-6(4-10-5)2-9-3-6/h1-4H2,(H2,7,8). The van der Waals surface area contributed by atoms with E-state index in [4.69, 9.17) is 15.2 Å². The molecule has 0 atom stereocenters. The monoisotopic (exact) mass is 142 g/mol. The number of rotatable bonds is 0. The zero-order valence-corrected chi connectivity index (χ0v) is 5.67. The van der Waals surface area contributed by atoms with Gasteiger partial charge in [0.2, 0.25) is 0 Å². The minimum atomic E-state index is 0.170. The third-order valence-corrected chi connectivity index (χ3v) is 1.91. The van der Waals surface area contributed by atoms with Gasteiger partial charge in [-0.1, -0.05) is 0 Å². The molecular formula is C6H10N2O2. The predicted molar refractivity (Wildman–Crippen MR) is 35.7 cm³/mol. The average molecular weight is 142 g/mol. The number of nitrogens with two attached hydrogens (primary N) is 1. The molecule has 4 nitrogen and oxygen atoms in total. The van der Waals surface area contributed by atoms with E-state index < -0.39 is 0 Å². The van der Waals surface area contributed by atoms with E-state index in [1.54, 1.807) is 0 Å². The number of amidine groups is 1. The smallest absolute Gasteiger partial charge is 0.281 e. The molecule has 0 aromatic rings.